The van der Waals surface area contributed by atoms with Crippen molar-refractivity contribution in [1.29, 1.82) is 5.26 Å². The Balaban J connectivity index is 2.17. The van der Waals surface area contributed by atoms with Crippen molar-refractivity contribution in [2.24, 2.45) is 0 Å². The molecule has 0 aliphatic carbocycles. The van der Waals surface area contributed by atoms with E-state index in [4.69, 9.17) is 5.26 Å². The second-order valence-electron chi connectivity index (χ2n) is 3.52. The largest absolute Gasteiger partial charge is 0.245 e. The zero-order valence-electron chi connectivity index (χ0n) is 8.78. The van der Waals surface area contributed by atoms with E-state index in [1.807, 2.05) is 6.07 Å². The summed E-state index contributed by atoms with van der Waals surface area (Å²) < 4.78 is 25.9. The lowest BCUT2D eigenvalue weighted by Gasteiger charge is -1.99. The zero-order chi connectivity index (χ0) is 12.3. The maximum Gasteiger partial charge on any atom is 0.126 e. The Morgan fingerprint density at radius 2 is 1.94 bits per heavy atom. The molecule has 0 saturated heterocycles. The fourth-order valence-electron chi connectivity index (χ4n) is 1.48. The summed E-state index contributed by atoms with van der Waals surface area (Å²) in [4.78, 5) is 4.21. The molecule has 2 aromatic rings. The number of benzene rings is 1. The predicted molar refractivity (Wildman–Crippen MR) is 60.6 cm³/mol. The van der Waals surface area contributed by atoms with E-state index in [0.717, 1.165) is 11.1 Å². The van der Waals surface area contributed by atoms with Crippen LogP contribution in [0.4, 0.5) is 8.78 Å². The van der Waals surface area contributed by atoms with Gasteiger partial charge in [-0.1, -0.05) is 0 Å². The van der Waals surface area contributed by atoms with Gasteiger partial charge in [0.2, 0.25) is 0 Å². The zero-order valence-corrected chi connectivity index (χ0v) is 9.60. The summed E-state index contributed by atoms with van der Waals surface area (Å²) in [6.45, 7) is 0. The molecule has 5 heteroatoms. The Labute approximate surface area is 101 Å². The molecule has 17 heavy (non-hydrogen) atoms. The van der Waals surface area contributed by atoms with Crippen LogP contribution in [0.25, 0.3) is 0 Å². The lowest BCUT2D eigenvalue weighted by atomic mass is 10.1. The van der Waals surface area contributed by atoms with Gasteiger partial charge in [-0.3, -0.25) is 0 Å². The third-order valence-electron chi connectivity index (χ3n) is 2.14. The first-order valence-corrected chi connectivity index (χ1v) is 5.80. The molecule has 86 valence electrons. The molecule has 0 aliphatic heterocycles. The molecule has 1 heterocycles. The SMILES string of the molecule is N#CCc1csc(Cc2cc(F)cc(F)c2)n1. The number of rotatable bonds is 3. The predicted octanol–water partition coefficient (Wildman–Crippen LogP) is 3.08. The van der Waals surface area contributed by atoms with Gasteiger partial charge in [-0.2, -0.15) is 5.26 Å². The van der Waals surface area contributed by atoms with Crippen molar-refractivity contribution in [1.82, 2.24) is 4.98 Å². The van der Waals surface area contributed by atoms with Gasteiger partial charge >= 0.3 is 0 Å². The highest BCUT2D eigenvalue weighted by atomic mass is 32.1. The fourth-order valence-corrected chi connectivity index (χ4v) is 2.31. The summed E-state index contributed by atoms with van der Waals surface area (Å²) >= 11 is 1.39. The van der Waals surface area contributed by atoms with Crippen molar-refractivity contribution in [2.45, 2.75) is 12.8 Å². The summed E-state index contributed by atoms with van der Waals surface area (Å²) in [7, 11) is 0. The second-order valence-corrected chi connectivity index (χ2v) is 4.46. The van der Waals surface area contributed by atoms with Gasteiger partial charge in [0.1, 0.15) is 11.6 Å². The molecule has 0 spiro atoms. The minimum atomic E-state index is -0.589. The molecule has 2 nitrogen and oxygen atoms in total. The summed E-state index contributed by atoms with van der Waals surface area (Å²) in [5.41, 5.74) is 1.24. The molecule has 0 fully saturated rings. The smallest absolute Gasteiger partial charge is 0.126 e. The van der Waals surface area contributed by atoms with Crippen LogP contribution in [-0.2, 0) is 12.8 Å². The van der Waals surface area contributed by atoms with Crippen LogP contribution in [0.2, 0.25) is 0 Å². The Morgan fingerprint density at radius 1 is 1.24 bits per heavy atom. The topological polar surface area (TPSA) is 36.7 Å². The quantitative estimate of drug-likeness (QED) is 0.839. The Bertz CT molecular complexity index is 552. The molecular formula is C12H8F2N2S. The lowest BCUT2D eigenvalue weighted by molar-refractivity contribution is 0.580. The third-order valence-corrected chi connectivity index (χ3v) is 3.03. The highest BCUT2D eigenvalue weighted by molar-refractivity contribution is 7.09. The van der Waals surface area contributed by atoms with Crippen molar-refractivity contribution < 1.29 is 8.78 Å². The normalized spacial score (nSPS) is 10.2. The van der Waals surface area contributed by atoms with E-state index in [1.165, 1.54) is 23.5 Å². The summed E-state index contributed by atoms with van der Waals surface area (Å²) in [5.74, 6) is -1.18. The molecule has 2 rings (SSSR count). The van der Waals surface area contributed by atoms with E-state index in [9.17, 15) is 8.78 Å². The fraction of sp³-hybridized carbons (Fsp3) is 0.167. The van der Waals surface area contributed by atoms with E-state index in [-0.39, 0.29) is 6.42 Å². The van der Waals surface area contributed by atoms with Crippen LogP contribution in [0, 0.1) is 23.0 Å². The molecule has 0 N–H and O–H groups in total. The molecule has 0 saturated carbocycles. The average molecular weight is 250 g/mol. The molecule has 0 aliphatic rings. The van der Waals surface area contributed by atoms with Crippen LogP contribution in [0.1, 0.15) is 16.3 Å². The van der Waals surface area contributed by atoms with Crippen LogP contribution in [0.5, 0.6) is 0 Å². The molecule has 0 amide bonds. The van der Waals surface area contributed by atoms with Crippen molar-refractivity contribution in [3.8, 4) is 6.07 Å². The monoisotopic (exact) mass is 250 g/mol. The van der Waals surface area contributed by atoms with Gasteiger partial charge in [0, 0.05) is 17.9 Å². The number of nitrogens with zero attached hydrogens (tertiary/aromatic N) is 2. The van der Waals surface area contributed by atoms with Crippen LogP contribution in [0.15, 0.2) is 23.6 Å². The lowest BCUT2D eigenvalue weighted by Crippen LogP contribution is -1.91. The average Bonchev–Trinajstić information content (AvgIpc) is 2.64. The van der Waals surface area contributed by atoms with Crippen LogP contribution >= 0.6 is 11.3 Å². The molecule has 0 unspecified atom stereocenters. The van der Waals surface area contributed by atoms with Crippen molar-refractivity contribution >= 4 is 11.3 Å². The number of hydrogen-bond donors (Lipinski definition) is 0. The minimum Gasteiger partial charge on any atom is -0.245 e. The first-order valence-electron chi connectivity index (χ1n) is 4.92. The van der Waals surface area contributed by atoms with Gasteiger partial charge in [0.15, 0.2) is 0 Å². The third kappa shape index (κ3) is 3.08. The number of nitriles is 1. The van der Waals surface area contributed by atoms with E-state index < -0.39 is 11.6 Å². The molecule has 1 aromatic carbocycles. The standard InChI is InChI=1S/C12H8F2N2S/c13-9-3-8(4-10(14)6-9)5-12-16-11(1-2-15)7-17-12/h3-4,6-7H,1,5H2. The first-order chi connectivity index (χ1) is 8.17. The first kappa shape index (κ1) is 11.7. The number of aromatic nitrogens is 1. The summed E-state index contributed by atoms with van der Waals surface area (Å²) in [6, 6.07) is 5.42. The molecule has 0 atom stereocenters. The Morgan fingerprint density at radius 3 is 2.59 bits per heavy atom. The van der Waals surface area contributed by atoms with Gasteiger partial charge in [-0.05, 0) is 17.7 Å². The van der Waals surface area contributed by atoms with Crippen molar-refractivity contribution in [3.05, 3.63) is 51.5 Å². The van der Waals surface area contributed by atoms with Crippen molar-refractivity contribution in [3.63, 3.8) is 0 Å². The van der Waals surface area contributed by atoms with E-state index >= 15 is 0 Å². The van der Waals surface area contributed by atoms with Gasteiger partial charge < -0.3 is 0 Å². The van der Waals surface area contributed by atoms with Gasteiger partial charge in [0.05, 0.1) is 23.2 Å². The van der Waals surface area contributed by atoms with Crippen molar-refractivity contribution in [2.75, 3.05) is 0 Å². The number of hydrogen-bond acceptors (Lipinski definition) is 3. The summed E-state index contributed by atoms with van der Waals surface area (Å²) in [5, 5.41) is 11.0. The molecular weight excluding hydrogens is 242 g/mol. The Kier molecular flexibility index (Phi) is 3.45. The number of halogens is 2. The van der Waals surface area contributed by atoms with Gasteiger partial charge in [0.25, 0.3) is 0 Å². The maximum absolute atomic E-state index is 13.0. The van der Waals surface area contributed by atoms with E-state index in [0.29, 0.717) is 17.7 Å². The van der Waals surface area contributed by atoms with Crippen LogP contribution in [-0.4, -0.2) is 4.98 Å². The molecule has 1 aromatic heterocycles. The maximum atomic E-state index is 13.0. The highest BCUT2D eigenvalue weighted by Crippen LogP contribution is 2.17. The number of thiazole rings is 1. The van der Waals surface area contributed by atoms with Crippen LogP contribution in [0.3, 0.4) is 0 Å². The molecule has 0 radical (unpaired) electrons. The van der Waals surface area contributed by atoms with Gasteiger partial charge in [-0.15, -0.1) is 11.3 Å². The van der Waals surface area contributed by atoms with E-state index in [2.05, 4.69) is 4.98 Å². The second kappa shape index (κ2) is 5.02. The van der Waals surface area contributed by atoms with Crippen LogP contribution < -0.4 is 0 Å². The van der Waals surface area contributed by atoms with E-state index in [1.54, 1.807) is 5.38 Å². The van der Waals surface area contributed by atoms with Gasteiger partial charge in [-0.25, -0.2) is 13.8 Å². The molecule has 0 bridgehead atoms. The highest BCUT2D eigenvalue weighted by Gasteiger charge is 2.05. The minimum absolute atomic E-state index is 0.258. The Hall–Kier alpha value is -1.80. The summed E-state index contributed by atoms with van der Waals surface area (Å²) in [6.07, 6.45) is 0.638.